The van der Waals surface area contributed by atoms with Crippen LogP contribution in [0.25, 0.3) is 0 Å². The molecule has 4 nitrogen and oxygen atoms in total. The molecule has 0 saturated heterocycles. The van der Waals surface area contributed by atoms with Crippen molar-refractivity contribution in [2.45, 2.75) is 38.1 Å². The minimum atomic E-state index is 0.486. The summed E-state index contributed by atoms with van der Waals surface area (Å²) in [5.74, 6) is 1.52. The number of methoxy groups -OCH3 is 2. The van der Waals surface area contributed by atoms with E-state index in [1.165, 1.54) is 32.1 Å². The lowest BCUT2D eigenvalue weighted by atomic mass is 9.96. The molecule has 1 aromatic carbocycles. The number of anilines is 1. The minimum Gasteiger partial charge on any atom is -0.497 e. The van der Waals surface area contributed by atoms with E-state index in [0.717, 1.165) is 17.2 Å². The first-order chi connectivity index (χ1) is 9.72. The van der Waals surface area contributed by atoms with Crippen molar-refractivity contribution in [2.75, 3.05) is 19.5 Å². The first-order valence-electron chi connectivity index (χ1n) is 7.02. The van der Waals surface area contributed by atoms with Gasteiger partial charge in [-0.05, 0) is 37.2 Å². The molecular formula is C15H22N2O2S. The molecule has 1 aromatic rings. The SMILES string of the molecule is COc1ccc(OC)c(NC(=S)NC2CCCCC2)c1. The zero-order valence-corrected chi connectivity index (χ0v) is 12.9. The number of benzene rings is 1. The van der Waals surface area contributed by atoms with Crippen molar-refractivity contribution >= 4 is 23.0 Å². The van der Waals surface area contributed by atoms with Crippen LogP contribution >= 0.6 is 12.2 Å². The number of hydrogen-bond acceptors (Lipinski definition) is 3. The zero-order valence-electron chi connectivity index (χ0n) is 12.1. The summed E-state index contributed by atoms with van der Waals surface area (Å²) < 4.78 is 10.6. The van der Waals surface area contributed by atoms with Crippen LogP contribution in [0.3, 0.4) is 0 Å². The normalized spacial score (nSPS) is 15.5. The van der Waals surface area contributed by atoms with Crippen LogP contribution in [0.2, 0.25) is 0 Å². The van der Waals surface area contributed by atoms with Gasteiger partial charge in [-0.1, -0.05) is 19.3 Å². The van der Waals surface area contributed by atoms with Crippen LogP contribution in [0.5, 0.6) is 11.5 Å². The molecule has 0 radical (unpaired) electrons. The van der Waals surface area contributed by atoms with Crippen LogP contribution in [0.15, 0.2) is 18.2 Å². The van der Waals surface area contributed by atoms with Crippen molar-refractivity contribution in [2.24, 2.45) is 0 Å². The smallest absolute Gasteiger partial charge is 0.171 e. The molecule has 0 heterocycles. The van der Waals surface area contributed by atoms with Crippen molar-refractivity contribution in [3.63, 3.8) is 0 Å². The van der Waals surface area contributed by atoms with E-state index in [1.807, 2.05) is 18.2 Å². The zero-order chi connectivity index (χ0) is 14.4. The maximum Gasteiger partial charge on any atom is 0.171 e. The van der Waals surface area contributed by atoms with Gasteiger partial charge in [0.25, 0.3) is 0 Å². The molecule has 0 aromatic heterocycles. The summed E-state index contributed by atoms with van der Waals surface area (Å²) in [6.45, 7) is 0. The second kappa shape index (κ2) is 7.33. The molecule has 0 amide bonds. The number of rotatable bonds is 4. The number of thiocarbonyl (C=S) groups is 1. The molecule has 110 valence electrons. The standard InChI is InChI=1S/C15H22N2O2S/c1-18-12-8-9-14(19-2)13(10-12)17-15(20)16-11-6-4-3-5-7-11/h8-11H,3-7H2,1-2H3,(H2,16,17,20). The van der Waals surface area contributed by atoms with Gasteiger partial charge in [0, 0.05) is 12.1 Å². The van der Waals surface area contributed by atoms with Gasteiger partial charge in [0.2, 0.25) is 0 Å². The molecular weight excluding hydrogens is 272 g/mol. The van der Waals surface area contributed by atoms with E-state index in [1.54, 1.807) is 14.2 Å². The van der Waals surface area contributed by atoms with Crippen molar-refractivity contribution in [3.05, 3.63) is 18.2 Å². The molecule has 0 aliphatic heterocycles. The van der Waals surface area contributed by atoms with Crippen LogP contribution in [0.1, 0.15) is 32.1 Å². The molecule has 0 unspecified atom stereocenters. The van der Waals surface area contributed by atoms with E-state index in [9.17, 15) is 0 Å². The summed E-state index contributed by atoms with van der Waals surface area (Å²) in [5, 5.41) is 7.22. The monoisotopic (exact) mass is 294 g/mol. The lowest BCUT2D eigenvalue weighted by Gasteiger charge is -2.24. The summed E-state index contributed by atoms with van der Waals surface area (Å²) >= 11 is 5.39. The molecule has 1 aliphatic rings. The van der Waals surface area contributed by atoms with E-state index < -0.39 is 0 Å². The van der Waals surface area contributed by atoms with Gasteiger partial charge in [-0.15, -0.1) is 0 Å². The third-order valence-corrected chi connectivity index (χ3v) is 3.82. The summed E-state index contributed by atoms with van der Waals surface area (Å²) in [6.07, 6.45) is 6.28. The summed E-state index contributed by atoms with van der Waals surface area (Å²) in [6, 6.07) is 6.10. The predicted molar refractivity (Wildman–Crippen MR) is 85.8 cm³/mol. The fourth-order valence-corrected chi connectivity index (χ4v) is 2.78. The Labute approximate surface area is 125 Å². The number of hydrogen-bond donors (Lipinski definition) is 2. The summed E-state index contributed by atoms with van der Waals surface area (Å²) in [4.78, 5) is 0. The Morgan fingerprint density at radius 1 is 1.15 bits per heavy atom. The first kappa shape index (κ1) is 14.9. The van der Waals surface area contributed by atoms with E-state index in [-0.39, 0.29) is 0 Å². The van der Waals surface area contributed by atoms with E-state index in [0.29, 0.717) is 11.2 Å². The largest absolute Gasteiger partial charge is 0.497 e. The van der Waals surface area contributed by atoms with Crippen LogP contribution in [-0.2, 0) is 0 Å². The van der Waals surface area contributed by atoms with Gasteiger partial charge in [-0.2, -0.15) is 0 Å². The van der Waals surface area contributed by atoms with Crippen LogP contribution in [0, 0.1) is 0 Å². The van der Waals surface area contributed by atoms with E-state index >= 15 is 0 Å². The third-order valence-electron chi connectivity index (χ3n) is 3.60. The quantitative estimate of drug-likeness (QED) is 0.834. The van der Waals surface area contributed by atoms with Gasteiger partial charge < -0.3 is 20.1 Å². The second-order valence-electron chi connectivity index (χ2n) is 5.00. The topological polar surface area (TPSA) is 42.5 Å². The van der Waals surface area contributed by atoms with Gasteiger partial charge >= 0.3 is 0 Å². The maximum absolute atomic E-state index is 5.39. The molecule has 5 heteroatoms. The van der Waals surface area contributed by atoms with E-state index in [4.69, 9.17) is 21.7 Å². The molecule has 0 atom stereocenters. The van der Waals surface area contributed by atoms with Gasteiger partial charge in [-0.25, -0.2) is 0 Å². The molecule has 1 fully saturated rings. The Bertz CT molecular complexity index is 459. The third kappa shape index (κ3) is 4.00. The fraction of sp³-hybridized carbons (Fsp3) is 0.533. The van der Waals surface area contributed by atoms with Crippen LogP contribution in [0.4, 0.5) is 5.69 Å². The van der Waals surface area contributed by atoms with Crippen molar-refractivity contribution in [1.29, 1.82) is 0 Å². The Morgan fingerprint density at radius 2 is 1.90 bits per heavy atom. The minimum absolute atomic E-state index is 0.486. The molecule has 2 rings (SSSR count). The molecule has 1 saturated carbocycles. The highest BCUT2D eigenvalue weighted by Crippen LogP contribution is 2.29. The maximum atomic E-state index is 5.39. The Balaban J connectivity index is 1.98. The number of ether oxygens (including phenoxy) is 2. The van der Waals surface area contributed by atoms with Gasteiger partial charge in [0.05, 0.1) is 19.9 Å². The Morgan fingerprint density at radius 3 is 2.55 bits per heavy atom. The van der Waals surface area contributed by atoms with Crippen molar-refractivity contribution in [3.8, 4) is 11.5 Å². The van der Waals surface area contributed by atoms with Crippen LogP contribution < -0.4 is 20.1 Å². The first-order valence-corrected chi connectivity index (χ1v) is 7.43. The van der Waals surface area contributed by atoms with Gasteiger partial charge in [0.15, 0.2) is 5.11 Å². The second-order valence-corrected chi connectivity index (χ2v) is 5.41. The molecule has 20 heavy (non-hydrogen) atoms. The highest BCUT2D eigenvalue weighted by atomic mass is 32.1. The fourth-order valence-electron chi connectivity index (χ4n) is 2.50. The lowest BCUT2D eigenvalue weighted by molar-refractivity contribution is 0.404. The van der Waals surface area contributed by atoms with E-state index in [2.05, 4.69) is 10.6 Å². The number of nitrogens with one attached hydrogen (secondary N) is 2. The van der Waals surface area contributed by atoms with Gasteiger partial charge in [-0.3, -0.25) is 0 Å². The average Bonchev–Trinajstić information content (AvgIpc) is 2.48. The van der Waals surface area contributed by atoms with Crippen molar-refractivity contribution < 1.29 is 9.47 Å². The Kier molecular flexibility index (Phi) is 5.47. The summed E-state index contributed by atoms with van der Waals surface area (Å²) in [7, 11) is 3.29. The summed E-state index contributed by atoms with van der Waals surface area (Å²) in [5.41, 5.74) is 0.820. The molecule has 1 aliphatic carbocycles. The van der Waals surface area contributed by atoms with Crippen LogP contribution in [-0.4, -0.2) is 25.4 Å². The highest BCUT2D eigenvalue weighted by Gasteiger charge is 2.15. The highest BCUT2D eigenvalue weighted by molar-refractivity contribution is 7.80. The molecule has 0 bridgehead atoms. The lowest BCUT2D eigenvalue weighted by Crippen LogP contribution is -2.38. The predicted octanol–water partition coefficient (Wildman–Crippen LogP) is 3.32. The average molecular weight is 294 g/mol. The van der Waals surface area contributed by atoms with Gasteiger partial charge in [0.1, 0.15) is 11.5 Å². The Hall–Kier alpha value is -1.49. The molecule has 2 N–H and O–H groups in total. The molecule has 0 spiro atoms. The van der Waals surface area contributed by atoms with Crippen molar-refractivity contribution in [1.82, 2.24) is 5.32 Å².